The molecule has 4 nitrogen and oxygen atoms in total. The SMILES string of the molecule is COC(=O)[C@H](Cc1ccc(N=P(c2ccccc2)(c2ccccc2)c2ccccc2)cc1)N(C)P. The highest BCUT2D eigenvalue weighted by Gasteiger charge is 2.27. The first-order valence-electron chi connectivity index (χ1n) is 11.5. The van der Waals surface area contributed by atoms with Crippen molar-refractivity contribution in [3.63, 3.8) is 0 Å². The maximum atomic E-state index is 12.2. The predicted octanol–water partition coefficient (Wildman–Crippen LogP) is 5.30. The molecule has 0 fully saturated rings. The third-order valence-corrected chi connectivity index (χ3v) is 10.0. The van der Waals surface area contributed by atoms with E-state index in [0.29, 0.717) is 6.42 Å². The zero-order valence-corrected chi connectivity index (χ0v) is 22.0. The summed E-state index contributed by atoms with van der Waals surface area (Å²) in [4.78, 5) is 12.2. The quantitative estimate of drug-likeness (QED) is 0.244. The van der Waals surface area contributed by atoms with Gasteiger partial charge in [0.25, 0.3) is 0 Å². The van der Waals surface area contributed by atoms with Gasteiger partial charge in [-0.1, -0.05) is 113 Å². The molecular formula is C29H30N2O2P2. The average molecular weight is 501 g/mol. The molecule has 1 unspecified atom stereocenters. The van der Waals surface area contributed by atoms with Gasteiger partial charge in [-0.15, -0.1) is 0 Å². The summed E-state index contributed by atoms with van der Waals surface area (Å²) in [6, 6.07) is 39.6. The van der Waals surface area contributed by atoms with Gasteiger partial charge in [-0.2, -0.15) is 0 Å². The standard InChI is InChI=1S/C29H30N2O2P2/c1-31(34)28(29(32)33-2)22-23-18-20-24(21-19-23)30-35(25-12-6-3-7-13-25,26-14-8-4-9-15-26)27-16-10-5-11-17-27/h3-21,28H,22,34H2,1-2H3/t28-/m0/s1. The Morgan fingerprint density at radius 3 is 1.60 bits per heavy atom. The van der Waals surface area contributed by atoms with E-state index in [4.69, 9.17) is 9.48 Å². The average Bonchev–Trinajstić information content (AvgIpc) is 2.92. The number of methoxy groups -OCH3 is 1. The number of rotatable bonds is 8. The third kappa shape index (κ3) is 5.63. The number of benzene rings is 4. The minimum atomic E-state index is -2.31. The van der Waals surface area contributed by atoms with E-state index >= 15 is 0 Å². The molecule has 0 bridgehead atoms. The fourth-order valence-electron chi connectivity index (χ4n) is 4.18. The van der Waals surface area contributed by atoms with Crippen LogP contribution in [0.25, 0.3) is 0 Å². The van der Waals surface area contributed by atoms with Crippen molar-refractivity contribution in [1.29, 1.82) is 0 Å². The number of carbonyl (C=O) groups is 1. The van der Waals surface area contributed by atoms with Crippen molar-refractivity contribution >= 4 is 44.0 Å². The van der Waals surface area contributed by atoms with E-state index in [1.165, 1.54) is 23.0 Å². The maximum Gasteiger partial charge on any atom is 0.323 e. The monoisotopic (exact) mass is 500 g/mol. The van der Waals surface area contributed by atoms with Crippen LogP contribution in [0.3, 0.4) is 0 Å². The Labute approximate surface area is 210 Å². The maximum absolute atomic E-state index is 12.2. The zero-order chi connectivity index (χ0) is 24.7. The molecule has 0 radical (unpaired) electrons. The molecule has 178 valence electrons. The van der Waals surface area contributed by atoms with Gasteiger partial charge >= 0.3 is 5.97 Å². The Morgan fingerprint density at radius 1 is 0.800 bits per heavy atom. The largest absolute Gasteiger partial charge is 0.468 e. The lowest BCUT2D eigenvalue weighted by Crippen LogP contribution is -2.35. The fourth-order valence-corrected chi connectivity index (χ4v) is 7.93. The fraction of sp³-hybridized carbons (Fsp3) is 0.138. The smallest absolute Gasteiger partial charge is 0.323 e. The van der Waals surface area contributed by atoms with Gasteiger partial charge in [0.05, 0.1) is 19.9 Å². The second-order valence-corrected chi connectivity index (χ2v) is 12.2. The van der Waals surface area contributed by atoms with Crippen molar-refractivity contribution in [3.8, 4) is 0 Å². The Hall–Kier alpha value is -3.03. The van der Waals surface area contributed by atoms with Crippen LogP contribution in [-0.4, -0.2) is 30.8 Å². The van der Waals surface area contributed by atoms with Crippen LogP contribution in [0.15, 0.2) is 120 Å². The highest BCUT2D eigenvalue weighted by atomic mass is 31.2. The Bertz CT molecular complexity index is 1190. The molecule has 0 heterocycles. The summed E-state index contributed by atoms with van der Waals surface area (Å²) in [5.74, 6) is -0.251. The number of nitrogens with zero attached hydrogens (tertiary/aromatic N) is 2. The van der Waals surface area contributed by atoms with Crippen molar-refractivity contribution in [1.82, 2.24) is 4.67 Å². The van der Waals surface area contributed by atoms with Crippen LogP contribution in [0.1, 0.15) is 5.56 Å². The lowest BCUT2D eigenvalue weighted by atomic mass is 10.1. The minimum Gasteiger partial charge on any atom is -0.468 e. The molecule has 0 amide bonds. The van der Waals surface area contributed by atoms with Gasteiger partial charge in [0, 0.05) is 15.9 Å². The molecule has 4 aromatic rings. The summed E-state index contributed by atoms with van der Waals surface area (Å²) >= 11 is 0. The van der Waals surface area contributed by atoms with Gasteiger partial charge in [0.2, 0.25) is 0 Å². The highest BCUT2D eigenvalue weighted by Crippen LogP contribution is 2.49. The molecule has 2 atom stereocenters. The number of ether oxygens (including phenoxy) is 1. The second kappa shape index (κ2) is 11.6. The molecule has 4 aromatic carbocycles. The van der Waals surface area contributed by atoms with Crippen molar-refractivity contribution in [3.05, 3.63) is 121 Å². The zero-order valence-electron chi connectivity index (χ0n) is 20.0. The summed E-state index contributed by atoms with van der Waals surface area (Å²) in [7, 11) is 3.52. The van der Waals surface area contributed by atoms with Crippen LogP contribution >= 0.6 is 16.4 Å². The van der Waals surface area contributed by atoms with E-state index in [9.17, 15) is 4.79 Å². The van der Waals surface area contributed by atoms with Crippen LogP contribution < -0.4 is 15.9 Å². The first-order chi connectivity index (χ1) is 17.0. The molecule has 0 N–H and O–H groups in total. The normalized spacial score (nSPS) is 12.2. The Kier molecular flexibility index (Phi) is 8.31. The van der Waals surface area contributed by atoms with Gasteiger partial charge in [0.1, 0.15) is 6.04 Å². The summed E-state index contributed by atoms with van der Waals surface area (Å²) in [6.45, 7) is 0. The second-order valence-electron chi connectivity index (χ2n) is 8.32. The van der Waals surface area contributed by atoms with E-state index in [1.54, 1.807) is 4.67 Å². The van der Waals surface area contributed by atoms with Crippen LogP contribution in [0.2, 0.25) is 0 Å². The Morgan fingerprint density at radius 2 is 1.23 bits per heavy atom. The summed E-state index contributed by atoms with van der Waals surface area (Å²) in [5, 5.41) is 3.62. The molecule has 0 aromatic heterocycles. The Balaban J connectivity index is 1.86. The molecule has 0 saturated heterocycles. The van der Waals surface area contributed by atoms with Crippen LogP contribution in [0.5, 0.6) is 0 Å². The third-order valence-electron chi connectivity index (χ3n) is 5.99. The predicted molar refractivity (Wildman–Crippen MR) is 151 cm³/mol. The molecule has 0 aliphatic heterocycles. The van der Waals surface area contributed by atoms with E-state index in [0.717, 1.165) is 11.3 Å². The first kappa shape index (κ1) is 25.1. The first-order valence-corrected chi connectivity index (χ1v) is 13.7. The molecule has 0 aliphatic rings. The van der Waals surface area contributed by atoms with E-state index in [2.05, 4.69) is 106 Å². The van der Waals surface area contributed by atoms with Crippen molar-refractivity contribution in [2.75, 3.05) is 14.2 Å². The lowest BCUT2D eigenvalue weighted by Gasteiger charge is -2.27. The number of hydrogen-bond acceptors (Lipinski definition) is 4. The van der Waals surface area contributed by atoms with Gasteiger partial charge < -0.3 is 4.74 Å². The van der Waals surface area contributed by atoms with Gasteiger partial charge in [-0.05, 0) is 31.2 Å². The van der Waals surface area contributed by atoms with Gasteiger partial charge in [0.15, 0.2) is 0 Å². The molecule has 4 rings (SSSR count). The molecule has 6 heteroatoms. The van der Waals surface area contributed by atoms with Crippen molar-refractivity contribution in [2.45, 2.75) is 12.5 Å². The van der Waals surface area contributed by atoms with E-state index in [1.807, 2.05) is 25.2 Å². The lowest BCUT2D eigenvalue weighted by molar-refractivity contribution is -0.144. The number of hydrogen-bond donors (Lipinski definition) is 0. The number of esters is 1. The number of likely N-dealkylation sites (N-methyl/N-ethyl adjacent to an activating group) is 1. The van der Waals surface area contributed by atoms with Crippen LogP contribution in [0, 0.1) is 0 Å². The van der Waals surface area contributed by atoms with E-state index in [-0.39, 0.29) is 12.0 Å². The van der Waals surface area contributed by atoms with Gasteiger partial charge in [-0.25, -0.2) is 0 Å². The van der Waals surface area contributed by atoms with Crippen molar-refractivity contribution < 1.29 is 9.53 Å². The molecule has 0 spiro atoms. The summed E-state index contributed by atoms with van der Waals surface area (Å²) < 4.78 is 12.3. The minimum absolute atomic E-state index is 0.251. The molecule has 35 heavy (non-hydrogen) atoms. The highest BCUT2D eigenvalue weighted by molar-refractivity contribution is 7.87. The van der Waals surface area contributed by atoms with Crippen LogP contribution in [0.4, 0.5) is 5.69 Å². The van der Waals surface area contributed by atoms with Crippen molar-refractivity contribution in [2.24, 2.45) is 4.74 Å². The summed E-state index contributed by atoms with van der Waals surface area (Å²) in [6.07, 6.45) is 0.559. The summed E-state index contributed by atoms with van der Waals surface area (Å²) in [5.41, 5.74) is 1.96. The molecular weight excluding hydrogens is 470 g/mol. The molecule has 0 saturated carbocycles. The number of carbonyl (C=O) groups excluding carboxylic acids is 1. The topological polar surface area (TPSA) is 41.9 Å². The van der Waals surface area contributed by atoms with E-state index < -0.39 is 7.05 Å². The molecule has 0 aliphatic carbocycles. The van der Waals surface area contributed by atoms with Crippen LogP contribution in [-0.2, 0) is 16.0 Å². The van der Waals surface area contributed by atoms with Gasteiger partial charge in [-0.3, -0.25) is 14.2 Å².